The average molecular weight is 426 g/mol. The molecule has 0 aromatic heterocycles. The van der Waals surface area contributed by atoms with Crippen LogP contribution in [0, 0.1) is 6.92 Å². The summed E-state index contributed by atoms with van der Waals surface area (Å²) in [4.78, 5) is 12.9. The van der Waals surface area contributed by atoms with E-state index in [4.69, 9.17) is 9.47 Å². The molecule has 7 heteroatoms. The molecule has 2 aromatic rings. The summed E-state index contributed by atoms with van der Waals surface area (Å²) in [5.74, 6) is -0.210. The molecule has 0 fully saturated rings. The first-order valence-electron chi connectivity index (χ1n) is 9.69. The van der Waals surface area contributed by atoms with Gasteiger partial charge in [0.25, 0.3) is 10.0 Å². The van der Waals surface area contributed by atoms with Gasteiger partial charge in [-0.25, -0.2) is 13.2 Å². The monoisotopic (exact) mass is 425 g/mol. The lowest BCUT2D eigenvalue weighted by Gasteiger charge is -2.27. The maximum absolute atomic E-state index is 13.8. The second-order valence-corrected chi connectivity index (χ2v) is 9.05. The van der Waals surface area contributed by atoms with Crippen molar-refractivity contribution < 1.29 is 22.7 Å². The van der Waals surface area contributed by atoms with E-state index < -0.39 is 22.0 Å². The van der Waals surface area contributed by atoms with Gasteiger partial charge in [0.2, 0.25) is 0 Å². The van der Waals surface area contributed by atoms with Crippen LogP contribution in [0.25, 0.3) is 5.57 Å². The molecular formula is C23H23NO5S. The molecule has 2 aromatic carbocycles. The van der Waals surface area contributed by atoms with Crippen molar-refractivity contribution in [3.05, 3.63) is 76.6 Å². The number of fused-ring (bicyclic) bond motifs is 3. The third kappa shape index (κ3) is 2.84. The second-order valence-electron chi connectivity index (χ2n) is 7.24. The van der Waals surface area contributed by atoms with Gasteiger partial charge in [-0.3, -0.25) is 4.31 Å². The van der Waals surface area contributed by atoms with E-state index in [1.807, 2.05) is 32.9 Å². The molecule has 0 saturated carbocycles. The molecule has 1 aliphatic heterocycles. The summed E-state index contributed by atoms with van der Waals surface area (Å²) in [6, 6.07) is 13.1. The van der Waals surface area contributed by atoms with E-state index in [0.717, 1.165) is 22.3 Å². The standard InChI is InChI=1S/C23H23NO5S/c1-5-29-22-15(3)19-17-8-6-7-9-18(17)24(21(19)20(22)23(25)28-4)30(26,27)16-12-10-14(2)11-13-16/h6-13,21H,5H2,1-4H3/t21-/m0/s1. The Morgan fingerprint density at radius 2 is 1.73 bits per heavy atom. The summed E-state index contributed by atoms with van der Waals surface area (Å²) in [6.45, 7) is 5.92. The zero-order valence-electron chi connectivity index (χ0n) is 17.3. The summed E-state index contributed by atoms with van der Waals surface area (Å²) in [6.07, 6.45) is 0. The van der Waals surface area contributed by atoms with Crippen LogP contribution < -0.4 is 4.31 Å². The number of esters is 1. The van der Waals surface area contributed by atoms with Gasteiger partial charge >= 0.3 is 5.97 Å². The average Bonchev–Trinajstić information content (AvgIpc) is 3.21. The van der Waals surface area contributed by atoms with Gasteiger partial charge in [0.1, 0.15) is 17.4 Å². The smallest absolute Gasteiger partial charge is 0.340 e. The van der Waals surface area contributed by atoms with Crippen molar-refractivity contribution in [1.29, 1.82) is 0 Å². The van der Waals surface area contributed by atoms with Crippen LogP contribution in [0.5, 0.6) is 0 Å². The zero-order valence-corrected chi connectivity index (χ0v) is 18.1. The minimum atomic E-state index is -3.96. The first-order valence-corrected chi connectivity index (χ1v) is 11.1. The van der Waals surface area contributed by atoms with Crippen LogP contribution in [0.15, 0.2) is 70.3 Å². The third-order valence-electron chi connectivity index (χ3n) is 5.47. The van der Waals surface area contributed by atoms with Crippen molar-refractivity contribution in [1.82, 2.24) is 0 Å². The van der Waals surface area contributed by atoms with Crippen LogP contribution in [-0.2, 0) is 24.3 Å². The fourth-order valence-corrected chi connectivity index (χ4v) is 5.76. The second kappa shape index (κ2) is 7.32. The number of carbonyl (C=O) groups excluding carboxylic acids is 1. The minimum Gasteiger partial charge on any atom is -0.493 e. The minimum absolute atomic E-state index is 0.163. The van der Waals surface area contributed by atoms with E-state index in [1.54, 1.807) is 36.4 Å². The van der Waals surface area contributed by atoms with Gasteiger partial charge in [0, 0.05) is 5.56 Å². The SMILES string of the molecule is CCOC1=C(C(=O)OC)[C@@H]2C(=C1C)c1ccccc1N2S(=O)(=O)c1ccc(C)cc1. The summed E-state index contributed by atoms with van der Waals surface area (Å²) < 4.78 is 39.7. The predicted octanol–water partition coefficient (Wildman–Crippen LogP) is 3.82. The molecule has 0 saturated heterocycles. The number of allylic oxidation sites excluding steroid dienone is 1. The van der Waals surface area contributed by atoms with Crippen LogP contribution in [0.3, 0.4) is 0 Å². The number of para-hydroxylation sites is 1. The first kappa shape index (κ1) is 20.2. The molecule has 30 heavy (non-hydrogen) atoms. The van der Waals surface area contributed by atoms with Gasteiger partial charge in [0.05, 0.1) is 24.3 Å². The van der Waals surface area contributed by atoms with Crippen molar-refractivity contribution in [2.45, 2.75) is 31.7 Å². The molecule has 0 N–H and O–H groups in total. The van der Waals surface area contributed by atoms with E-state index in [0.29, 0.717) is 18.1 Å². The molecule has 0 amide bonds. The van der Waals surface area contributed by atoms with Gasteiger partial charge in [-0.05, 0) is 50.1 Å². The Morgan fingerprint density at radius 1 is 1.07 bits per heavy atom. The number of hydrogen-bond donors (Lipinski definition) is 0. The Bertz CT molecular complexity index is 1190. The molecule has 0 bridgehead atoms. The molecule has 156 valence electrons. The Hall–Kier alpha value is -3.06. The number of carbonyl (C=O) groups is 1. The highest BCUT2D eigenvalue weighted by atomic mass is 32.2. The van der Waals surface area contributed by atoms with Crippen molar-refractivity contribution >= 4 is 27.3 Å². The maximum Gasteiger partial charge on any atom is 0.340 e. The first-order chi connectivity index (χ1) is 14.3. The number of anilines is 1. The molecular weight excluding hydrogens is 402 g/mol. The van der Waals surface area contributed by atoms with Crippen LogP contribution in [0.2, 0.25) is 0 Å². The van der Waals surface area contributed by atoms with Crippen LogP contribution >= 0.6 is 0 Å². The Balaban J connectivity index is 1.99. The fourth-order valence-electron chi connectivity index (χ4n) is 4.15. The van der Waals surface area contributed by atoms with E-state index in [9.17, 15) is 13.2 Å². The maximum atomic E-state index is 13.8. The molecule has 0 radical (unpaired) electrons. The Labute approximate surface area is 176 Å². The predicted molar refractivity (Wildman–Crippen MR) is 114 cm³/mol. The Kier molecular flexibility index (Phi) is 4.94. The lowest BCUT2D eigenvalue weighted by atomic mass is 10.0. The molecule has 1 aliphatic carbocycles. The van der Waals surface area contributed by atoms with Gasteiger partial charge < -0.3 is 9.47 Å². The lowest BCUT2D eigenvalue weighted by Crippen LogP contribution is -2.40. The number of benzene rings is 2. The largest absolute Gasteiger partial charge is 0.493 e. The number of ether oxygens (including phenoxy) is 2. The summed E-state index contributed by atoms with van der Waals surface area (Å²) in [5.41, 5.74) is 3.98. The Morgan fingerprint density at radius 3 is 2.37 bits per heavy atom. The van der Waals surface area contributed by atoms with Crippen molar-refractivity contribution in [3.63, 3.8) is 0 Å². The zero-order chi connectivity index (χ0) is 21.6. The van der Waals surface area contributed by atoms with E-state index >= 15 is 0 Å². The van der Waals surface area contributed by atoms with Gasteiger partial charge in [-0.1, -0.05) is 35.9 Å². The molecule has 1 atom stereocenters. The summed E-state index contributed by atoms with van der Waals surface area (Å²) >= 11 is 0. The van der Waals surface area contributed by atoms with Crippen LogP contribution in [0.1, 0.15) is 25.0 Å². The number of rotatable bonds is 5. The summed E-state index contributed by atoms with van der Waals surface area (Å²) in [5, 5.41) is 0. The summed E-state index contributed by atoms with van der Waals surface area (Å²) in [7, 11) is -2.67. The quantitative estimate of drug-likeness (QED) is 0.681. The highest BCUT2D eigenvalue weighted by Gasteiger charge is 2.51. The van der Waals surface area contributed by atoms with E-state index in [1.165, 1.54) is 11.4 Å². The molecule has 4 rings (SSSR count). The lowest BCUT2D eigenvalue weighted by molar-refractivity contribution is -0.136. The fraction of sp³-hybridized carbons (Fsp3) is 0.261. The third-order valence-corrected chi connectivity index (χ3v) is 7.27. The van der Waals surface area contributed by atoms with E-state index in [-0.39, 0.29) is 10.5 Å². The van der Waals surface area contributed by atoms with Gasteiger partial charge in [-0.15, -0.1) is 0 Å². The van der Waals surface area contributed by atoms with Gasteiger partial charge in [-0.2, -0.15) is 0 Å². The molecule has 1 heterocycles. The number of methoxy groups -OCH3 is 1. The number of sulfonamides is 1. The molecule has 6 nitrogen and oxygen atoms in total. The van der Waals surface area contributed by atoms with Crippen molar-refractivity contribution in [3.8, 4) is 0 Å². The number of hydrogen-bond acceptors (Lipinski definition) is 5. The molecule has 0 spiro atoms. The number of nitrogens with zero attached hydrogens (tertiary/aromatic N) is 1. The van der Waals surface area contributed by atoms with Crippen molar-refractivity contribution in [2.24, 2.45) is 0 Å². The highest BCUT2D eigenvalue weighted by molar-refractivity contribution is 7.93. The van der Waals surface area contributed by atoms with E-state index in [2.05, 4.69) is 0 Å². The van der Waals surface area contributed by atoms with Crippen molar-refractivity contribution in [2.75, 3.05) is 18.0 Å². The number of aryl methyl sites for hydroxylation is 1. The van der Waals surface area contributed by atoms with Crippen LogP contribution in [0.4, 0.5) is 5.69 Å². The topological polar surface area (TPSA) is 72.9 Å². The van der Waals surface area contributed by atoms with Crippen LogP contribution in [-0.4, -0.2) is 34.1 Å². The molecule has 2 aliphatic rings. The normalized spacial score (nSPS) is 17.9. The molecule has 0 unspecified atom stereocenters. The highest BCUT2D eigenvalue weighted by Crippen LogP contribution is 2.52. The van der Waals surface area contributed by atoms with Gasteiger partial charge in [0.15, 0.2) is 0 Å².